The number of benzene rings is 1. The first-order chi connectivity index (χ1) is 7.93. The summed E-state index contributed by atoms with van der Waals surface area (Å²) in [5, 5.41) is 8.44. The summed E-state index contributed by atoms with van der Waals surface area (Å²) in [7, 11) is 0. The first-order valence-corrected chi connectivity index (χ1v) is 4.68. The Labute approximate surface area is 95.4 Å². The number of nitrogens with zero attached hydrogens (tertiary/aromatic N) is 1. The number of alkyl halides is 2. The van der Waals surface area contributed by atoms with Crippen LogP contribution in [0.2, 0.25) is 0 Å². The van der Waals surface area contributed by atoms with E-state index in [1.807, 2.05) is 0 Å². The lowest BCUT2D eigenvalue weighted by atomic mass is 10.1. The van der Waals surface area contributed by atoms with E-state index in [4.69, 9.17) is 5.26 Å². The molecule has 0 aliphatic heterocycles. The minimum atomic E-state index is -3.93. The van der Waals surface area contributed by atoms with Crippen molar-refractivity contribution >= 4 is 5.97 Å². The second-order valence-corrected chi connectivity index (χ2v) is 3.10. The van der Waals surface area contributed by atoms with Crippen molar-refractivity contribution in [3.63, 3.8) is 0 Å². The molecule has 0 spiro atoms. The molecule has 0 N–H and O–H groups in total. The summed E-state index contributed by atoms with van der Waals surface area (Å²) in [6, 6.07) is 3.65. The van der Waals surface area contributed by atoms with Crippen LogP contribution in [0.5, 0.6) is 0 Å². The lowest BCUT2D eigenvalue weighted by Crippen LogP contribution is -2.28. The summed E-state index contributed by atoms with van der Waals surface area (Å²) in [5.74, 6) is -6.77. The topological polar surface area (TPSA) is 50.1 Å². The van der Waals surface area contributed by atoms with Crippen molar-refractivity contribution in [2.24, 2.45) is 0 Å². The molecular weight excluding hydrogens is 235 g/mol. The monoisotopic (exact) mass is 243 g/mol. The highest BCUT2D eigenvalue weighted by atomic mass is 19.3. The smallest absolute Gasteiger partial charge is 0.381 e. The Bertz CT molecular complexity index is 480. The molecule has 1 aromatic rings. The molecular formula is C11H8F3NO2. The minimum absolute atomic E-state index is 0.201. The van der Waals surface area contributed by atoms with Gasteiger partial charge in [-0.05, 0) is 19.1 Å². The van der Waals surface area contributed by atoms with E-state index in [2.05, 4.69) is 4.74 Å². The van der Waals surface area contributed by atoms with E-state index in [1.165, 1.54) is 13.0 Å². The van der Waals surface area contributed by atoms with Gasteiger partial charge in [-0.2, -0.15) is 14.0 Å². The standard InChI is InChI=1S/C11H8F3NO2/c1-2-17-10(16)11(13,14)8-4-3-7(6-15)9(12)5-8/h3-5H,2H2,1H3. The van der Waals surface area contributed by atoms with E-state index in [0.29, 0.717) is 6.07 Å². The zero-order valence-electron chi connectivity index (χ0n) is 8.84. The Morgan fingerprint density at radius 2 is 2.18 bits per heavy atom. The number of hydrogen-bond donors (Lipinski definition) is 0. The van der Waals surface area contributed by atoms with Crippen LogP contribution in [0.4, 0.5) is 13.2 Å². The van der Waals surface area contributed by atoms with Gasteiger partial charge in [0.25, 0.3) is 0 Å². The predicted molar refractivity (Wildman–Crippen MR) is 51.6 cm³/mol. The third-order valence-corrected chi connectivity index (χ3v) is 1.98. The molecule has 0 saturated carbocycles. The maximum absolute atomic E-state index is 13.4. The molecule has 1 rings (SSSR count). The first kappa shape index (κ1) is 13.0. The van der Waals surface area contributed by atoms with Crippen molar-refractivity contribution in [1.29, 1.82) is 5.26 Å². The lowest BCUT2D eigenvalue weighted by molar-refractivity contribution is -0.173. The van der Waals surface area contributed by atoms with Gasteiger partial charge >= 0.3 is 11.9 Å². The van der Waals surface area contributed by atoms with Crippen molar-refractivity contribution in [1.82, 2.24) is 0 Å². The van der Waals surface area contributed by atoms with Crippen LogP contribution in [0.25, 0.3) is 0 Å². The third kappa shape index (κ3) is 2.56. The van der Waals surface area contributed by atoms with Crippen LogP contribution in [0.1, 0.15) is 18.1 Å². The molecule has 0 unspecified atom stereocenters. The maximum Gasteiger partial charge on any atom is 0.381 e. The van der Waals surface area contributed by atoms with Crippen LogP contribution in [0.15, 0.2) is 18.2 Å². The number of ether oxygens (including phenoxy) is 1. The van der Waals surface area contributed by atoms with Crippen molar-refractivity contribution in [2.45, 2.75) is 12.8 Å². The Balaban J connectivity index is 3.12. The third-order valence-electron chi connectivity index (χ3n) is 1.98. The van der Waals surface area contributed by atoms with Gasteiger partial charge in [0.05, 0.1) is 12.2 Å². The van der Waals surface area contributed by atoms with Gasteiger partial charge in [0.1, 0.15) is 11.9 Å². The quantitative estimate of drug-likeness (QED) is 0.765. The molecule has 0 fully saturated rings. The Kier molecular flexibility index (Phi) is 3.73. The first-order valence-electron chi connectivity index (χ1n) is 4.68. The molecule has 0 saturated heterocycles. The zero-order valence-corrected chi connectivity index (χ0v) is 8.84. The van der Waals surface area contributed by atoms with Gasteiger partial charge in [0.15, 0.2) is 0 Å². The molecule has 0 radical (unpaired) electrons. The summed E-state index contributed by atoms with van der Waals surface area (Å²) in [6.45, 7) is 1.18. The van der Waals surface area contributed by atoms with Crippen LogP contribution < -0.4 is 0 Å². The van der Waals surface area contributed by atoms with Crippen LogP contribution in [-0.4, -0.2) is 12.6 Å². The summed E-state index contributed by atoms with van der Waals surface area (Å²) < 4.78 is 44.2. The maximum atomic E-state index is 13.4. The molecule has 3 nitrogen and oxygen atoms in total. The molecule has 1 aromatic carbocycles. The van der Waals surface area contributed by atoms with Crippen molar-refractivity contribution < 1.29 is 22.7 Å². The highest BCUT2D eigenvalue weighted by Crippen LogP contribution is 2.30. The van der Waals surface area contributed by atoms with Gasteiger partial charge < -0.3 is 4.74 Å². The Morgan fingerprint density at radius 3 is 2.65 bits per heavy atom. The van der Waals surface area contributed by atoms with Gasteiger partial charge in [0.2, 0.25) is 0 Å². The van der Waals surface area contributed by atoms with E-state index in [-0.39, 0.29) is 12.2 Å². The predicted octanol–water partition coefficient (Wildman–Crippen LogP) is 2.35. The van der Waals surface area contributed by atoms with Gasteiger partial charge in [-0.25, -0.2) is 9.18 Å². The fraction of sp³-hybridized carbons (Fsp3) is 0.273. The van der Waals surface area contributed by atoms with Gasteiger partial charge in [-0.15, -0.1) is 0 Å². The molecule has 17 heavy (non-hydrogen) atoms. The molecule has 0 heterocycles. The van der Waals surface area contributed by atoms with Crippen LogP contribution in [-0.2, 0) is 15.5 Å². The minimum Gasteiger partial charge on any atom is -0.461 e. The van der Waals surface area contributed by atoms with Gasteiger partial charge in [0, 0.05) is 5.56 Å². The van der Waals surface area contributed by atoms with Crippen LogP contribution >= 0.6 is 0 Å². The van der Waals surface area contributed by atoms with Crippen molar-refractivity contribution in [3.05, 3.63) is 35.1 Å². The average Bonchev–Trinajstić information content (AvgIpc) is 2.29. The van der Waals surface area contributed by atoms with E-state index in [1.54, 1.807) is 0 Å². The number of halogens is 3. The van der Waals surface area contributed by atoms with E-state index in [9.17, 15) is 18.0 Å². The Morgan fingerprint density at radius 1 is 1.53 bits per heavy atom. The van der Waals surface area contributed by atoms with Crippen molar-refractivity contribution in [2.75, 3.05) is 6.61 Å². The number of nitriles is 1. The highest BCUT2D eigenvalue weighted by molar-refractivity contribution is 5.79. The molecule has 0 bridgehead atoms. The van der Waals surface area contributed by atoms with E-state index >= 15 is 0 Å². The van der Waals surface area contributed by atoms with Crippen LogP contribution in [0, 0.1) is 17.1 Å². The number of esters is 1. The number of hydrogen-bond acceptors (Lipinski definition) is 3. The molecule has 0 aliphatic rings. The molecule has 0 atom stereocenters. The largest absolute Gasteiger partial charge is 0.461 e. The van der Waals surface area contributed by atoms with Gasteiger partial charge in [-0.3, -0.25) is 0 Å². The average molecular weight is 243 g/mol. The fourth-order valence-electron chi connectivity index (χ4n) is 1.14. The summed E-state index contributed by atoms with van der Waals surface area (Å²) in [6.07, 6.45) is 0. The Hall–Kier alpha value is -2.03. The number of rotatable bonds is 3. The molecule has 0 aliphatic carbocycles. The lowest BCUT2D eigenvalue weighted by Gasteiger charge is -2.14. The molecule has 0 aromatic heterocycles. The zero-order chi connectivity index (χ0) is 13.1. The SMILES string of the molecule is CCOC(=O)C(F)(F)c1ccc(C#N)c(F)c1. The number of carbonyl (C=O) groups excluding carboxylic acids is 1. The highest BCUT2D eigenvalue weighted by Gasteiger charge is 2.43. The molecule has 0 amide bonds. The van der Waals surface area contributed by atoms with E-state index in [0.717, 1.165) is 12.1 Å². The van der Waals surface area contributed by atoms with Gasteiger partial charge in [-0.1, -0.05) is 6.07 Å². The second-order valence-electron chi connectivity index (χ2n) is 3.10. The van der Waals surface area contributed by atoms with Crippen molar-refractivity contribution in [3.8, 4) is 6.07 Å². The normalized spacial score (nSPS) is 10.8. The number of carbonyl (C=O) groups is 1. The summed E-state index contributed by atoms with van der Waals surface area (Å²) in [4.78, 5) is 11.0. The molecule has 90 valence electrons. The van der Waals surface area contributed by atoms with Crippen LogP contribution in [0.3, 0.4) is 0 Å². The second kappa shape index (κ2) is 4.87. The fourth-order valence-corrected chi connectivity index (χ4v) is 1.14. The van der Waals surface area contributed by atoms with E-state index < -0.39 is 23.3 Å². The summed E-state index contributed by atoms with van der Waals surface area (Å²) in [5.41, 5.74) is -1.21. The molecule has 6 heteroatoms. The summed E-state index contributed by atoms with van der Waals surface area (Å²) >= 11 is 0.